The number of carboxylic acids is 1. The van der Waals surface area contributed by atoms with Crippen molar-refractivity contribution in [2.24, 2.45) is 0 Å². The van der Waals surface area contributed by atoms with E-state index in [2.05, 4.69) is 15.9 Å². The van der Waals surface area contributed by atoms with Gasteiger partial charge in [-0.3, -0.25) is 0 Å². The Kier molecular flexibility index (Phi) is 4.53. The van der Waals surface area contributed by atoms with Crippen molar-refractivity contribution in [3.8, 4) is 11.5 Å². The number of benzene rings is 2. The summed E-state index contributed by atoms with van der Waals surface area (Å²) in [6.07, 6.45) is 0. The van der Waals surface area contributed by atoms with E-state index >= 15 is 0 Å². The summed E-state index contributed by atoms with van der Waals surface area (Å²) < 4.78 is 6.76. The zero-order valence-electron chi connectivity index (χ0n) is 11.8. The van der Waals surface area contributed by atoms with E-state index in [0.717, 1.165) is 10.0 Å². The lowest BCUT2D eigenvalue weighted by Gasteiger charge is -2.16. The number of ether oxygens (including phenoxy) is 1. The van der Waals surface area contributed by atoms with Crippen molar-refractivity contribution in [3.05, 3.63) is 52.0 Å². The molecule has 0 aromatic heterocycles. The normalized spacial score (nSPS) is 10.7. The van der Waals surface area contributed by atoms with Crippen LogP contribution in [0.1, 0.15) is 35.7 Å². The second-order valence-electron chi connectivity index (χ2n) is 4.97. The lowest BCUT2D eigenvalue weighted by atomic mass is 10.0. The average molecular weight is 350 g/mol. The number of halogens is 1. The molecule has 0 spiro atoms. The van der Waals surface area contributed by atoms with E-state index in [0.29, 0.717) is 11.4 Å². The minimum absolute atomic E-state index is 0.0487. The van der Waals surface area contributed by atoms with Crippen LogP contribution in [0.5, 0.6) is 11.5 Å². The van der Waals surface area contributed by atoms with Crippen LogP contribution in [0.2, 0.25) is 0 Å². The van der Waals surface area contributed by atoms with Crippen LogP contribution in [-0.2, 0) is 0 Å². The van der Waals surface area contributed by atoms with Gasteiger partial charge < -0.3 is 15.6 Å². The van der Waals surface area contributed by atoms with Crippen LogP contribution in [0.15, 0.2) is 40.9 Å². The third-order valence-electron chi connectivity index (χ3n) is 3.08. The molecule has 0 bridgehead atoms. The first-order valence-electron chi connectivity index (χ1n) is 6.49. The summed E-state index contributed by atoms with van der Waals surface area (Å²) in [5.74, 6) is -0.0564. The summed E-state index contributed by atoms with van der Waals surface area (Å²) in [6, 6.07) is 10.3. The Morgan fingerprint density at radius 2 is 2.00 bits per heavy atom. The smallest absolute Gasteiger partial charge is 0.339 e. The number of nitrogens with two attached hydrogens (primary N) is 1. The van der Waals surface area contributed by atoms with Crippen LogP contribution < -0.4 is 10.5 Å². The van der Waals surface area contributed by atoms with Gasteiger partial charge in [0.25, 0.3) is 0 Å². The number of anilines is 1. The van der Waals surface area contributed by atoms with E-state index in [1.807, 2.05) is 26.0 Å². The Bertz CT molecular complexity index is 683. The number of para-hydroxylation sites is 1. The highest BCUT2D eigenvalue weighted by Crippen LogP contribution is 2.36. The van der Waals surface area contributed by atoms with Gasteiger partial charge in [0.1, 0.15) is 11.3 Å². The van der Waals surface area contributed by atoms with Crippen LogP contribution in [0, 0.1) is 0 Å². The Labute approximate surface area is 131 Å². The van der Waals surface area contributed by atoms with Gasteiger partial charge in [0, 0.05) is 4.47 Å². The SMILES string of the molecule is CC(C)c1cc(Br)ccc1Oc1c(N)cccc1C(=O)O. The third-order valence-corrected chi connectivity index (χ3v) is 3.58. The fourth-order valence-corrected chi connectivity index (χ4v) is 2.39. The number of rotatable bonds is 4. The molecular formula is C16H16BrNO3. The maximum absolute atomic E-state index is 11.3. The van der Waals surface area contributed by atoms with Crippen LogP contribution in [-0.4, -0.2) is 11.1 Å². The van der Waals surface area contributed by atoms with E-state index in [-0.39, 0.29) is 17.2 Å². The molecule has 110 valence electrons. The lowest BCUT2D eigenvalue weighted by Crippen LogP contribution is -2.04. The van der Waals surface area contributed by atoms with E-state index in [9.17, 15) is 9.90 Å². The van der Waals surface area contributed by atoms with Crippen LogP contribution in [0.4, 0.5) is 5.69 Å². The maximum atomic E-state index is 11.3. The van der Waals surface area contributed by atoms with Crippen LogP contribution in [0.3, 0.4) is 0 Å². The van der Waals surface area contributed by atoms with Crippen molar-refractivity contribution in [3.63, 3.8) is 0 Å². The first kappa shape index (κ1) is 15.4. The van der Waals surface area contributed by atoms with Crippen molar-refractivity contribution in [2.45, 2.75) is 19.8 Å². The first-order chi connectivity index (χ1) is 9.90. The van der Waals surface area contributed by atoms with Gasteiger partial charge in [-0.2, -0.15) is 0 Å². The molecule has 0 radical (unpaired) electrons. The van der Waals surface area contributed by atoms with Gasteiger partial charge in [-0.25, -0.2) is 4.79 Å². The quantitative estimate of drug-likeness (QED) is 0.788. The van der Waals surface area contributed by atoms with Gasteiger partial charge in [-0.05, 0) is 41.8 Å². The molecule has 2 aromatic rings. The van der Waals surface area contributed by atoms with Gasteiger partial charge in [0.2, 0.25) is 0 Å². The summed E-state index contributed by atoms with van der Waals surface area (Å²) in [7, 11) is 0. The summed E-state index contributed by atoms with van der Waals surface area (Å²) in [6.45, 7) is 4.09. The summed E-state index contributed by atoms with van der Waals surface area (Å²) in [5.41, 5.74) is 7.19. The molecule has 0 saturated carbocycles. The number of carboxylic acid groups (broad SMARTS) is 1. The summed E-state index contributed by atoms with van der Waals surface area (Å²) >= 11 is 3.43. The molecule has 21 heavy (non-hydrogen) atoms. The monoisotopic (exact) mass is 349 g/mol. The molecule has 2 aromatic carbocycles. The van der Waals surface area contributed by atoms with Crippen LogP contribution in [0.25, 0.3) is 0 Å². The van der Waals surface area contributed by atoms with Gasteiger partial charge in [-0.1, -0.05) is 35.8 Å². The second-order valence-corrected chi connectivity index (χ2v) is 5.88. The molecule has 2 rings (SSSR count). The lowest BCUT2D eigenvalue weighted by molar-refractivity contribution is 0.0694. The highest BCUT2D eigenvalue weighted by molar-refractivity contribution is 9.10. The van der Waals surface area contributed by atoms with Crippen molar-refractivity contribution in [1.82, 2.24) is 0 Å². The third kappa shape index (κ3) is 3.36. The van der Waals surface area contributed by atoms with E-state index in [1.165, 1.54) is 6.07 Å². The Morgan fingerprint density at radius 1 is 1.29 bits per heavy atom. The largest absolute Gasteiger partial charge is 0.478 e. The molecule has 4 nitrogen and oxygen atoms in total. The Morgan fingerprint density at radius 3 is 2.62 bits per heavy atom. The molecule has 0 saturated heterocycles. The standard InChI is InChI=1S/C16H16BrNO3/c1-9(2)12-8-10(17)6-7-14(12)21-15-11(16(19)20)4-3-5-13(15)18/h3-9H,18H2,1-2H3,(H,19,20). The highest BCUT2D eigenvalue weighted by Gasteiger charge is 2.17. The minimum atomic E-state index is -1.07. The van der Waals surface area contributed by atoms with Crippen molar-refractivity contribution >= 4 is 27.6 Å². The number of nitrogen functional groups attached to an aromatic ring is 1. The zero-order valence-corrected chi connectivity index (χ0v) is 13.3. The number of hydrogen-bond donors (Lipinski definition) is 2. The van der Waals surface area contributed by atoms with Crippen molar-refractivity contribution < 1.29 is 14.6 Å². The first-order valence-corrected chi connectivity index (χ1v) is 7.28. The van der Waals surface area contributed by atoms with Gasteiger partial charge >= 0.3 is 5.97 Å². The molecular weight excluding hydrogens is 334 g/mol. The topological polar surface area (TPSA) is 72.5 Å². The number of aromatic carboxylic acids is 1. The summed E-state index contributed by atoms with van der Waals surface area (Å²) in [4.78, 5) is 11.3. The molecule has 0 heterocycles. The average Bonchev–Trinajstić information content (AvgIpc) is 2.42. The molecule has 5 heteroatoms. The Balaban J connectivity index is 2.51. The molecule has 0 aliphatic rings. The van der Waals surface area contributed by atoms with E-state index in [4.69, 9.17) is 10.5 Å². The predicted octanol–water partition coefficient (Wildman–Crippen LogP) is 4.65. The molecule has 3 N–H and O–H groups in total. The molecule has 0 atom stereocenters. The predicted molar refractivity (Wildman–Crippen MR) is 86.1 cm³/mol. The Hall–Kier alpha value is -2.01. The van der Waals surface area contributed by atoms with E-state index < -0.39 is 5.97 Å². The maximum Gasteiger partial charge on any atom is 0.339 e. The highest BCUT2D eigenvalue weighted by atomic mass is 79.9. The molecule has 0 aliphatic carbocycles. The van der Waals surface area contributed by atoms with Gasteiger partial charge in [-0.15, -0.1) is 0 Å². The number of carbonyl (C=O) groups is 1. The van der Waals surface area contributed by atoms with Crippen LogP contribution >= 0.6 is 15.9 Å². The van der Waals surface area contributed by atoms with Crippen molar-refractivity contribution in [2.75, 3.05) is 5.73 Å². The van der Waals surface area contributed by atoms with Gasteiger partial charge in [0.05, 0.1) is 5.69 Å². The zero-order chi connectivity index (χ0) is 15.6. The fraction of sp³-hybridized carbons (Fsp3) is 0.188. The van der Waals surface area contributed by atoms with E-state index in [1.54, 1.807) is 18.2 Å². The van der Waals surface area contributed by atoms with Crippen molar-refractivity contribution in [1.29, 1.82) is 0 Å². The molecule has 0 unspecified atom stereocenters. The second kappa shape index (κ2) is 6.18. The number of hydrogen-bond acceptors (Lipinski definition) is 3. The summed E-state index contributed by atoms with van der Waals surface area (Å²) in [5, 5.41) is 9.25. The van der Waals surface area contributed by atoms with Gasteiger partial charge in [0.15, 0.2) is 5.75 Å². The molecule has 0 fully saturated rings. The minimum Gasteiger partial charge on any atom is -0.478 e. The molecule has 0 aliphatic heterocycles. The fourth-order valence-electron chi connectivity index (χ4n) is 2.01. The molecule has 0 amide bonds.